The lowest BCUT2D eigenvalue weighted by Crippen LogP contribution is -2.58. The number of hydrogen-bond donors (Lipinski definition) is 3. The van der Waals surface area contributed by atoms with Crippen LogP contribution < -0.4 is 5.32 Å². The van der Waals surface area contributed by atoms with Crippen molar-refractivity contribution in [2.75, 3.05) is 38.2 Å². The van der Waals surface area contributed by atoms with Crippen LogP contribution >= 0.6 is 11.3 Å². The van der Waals surface area contributed by atoms with Crippen LogP contribution in [0.1, 0.15) is 49.6 Å². The molecule has 2 heterocycles. The summed E-state index contributed by atoms with van der Waals surface area (Å²) in [5.74, 6) is 0.148. The first-order chi connectivity index (χ1) is 16.3. The minimum absolute atomic E-state index is 0.0578. The number of benzene rings is 1. The maximum atomic E-state index is 13.4. The molecule has 1 aromatic carbocycles. The molecule has 1 aliphatic heterocycles. The number of rotatable bonds is 5. The van der Waals surface area contributed by atoms with Crippen LogP contribution in [-0.4, -0.2) is 65.0 Å². The van der Waals surface area contributed by atoms with Crippen molar-refractivity contribution in [3.05, 3.63) is 40.9 Å². The van der Waals surface area contributed by atoms with Crippen molar-refractivity contribution in [2.45, 2.75) is 51.6 Å². The number of aliphatic hydroxyl groups is 2. The van der Waals surface area contributed by atoms with Gasteiger partial charge in [-0.25, -0.2) is 4.98 Å². The number of thiazole rings is 1. The van der Waals surface area contributed by atoms with Gasteiger partial charge >= 0.3 is 0 Å². The van der Waals surface area contributed by atoms with Gasteiger partial charge in [-0.3, -0.25) is 4.79 Å². The fraction of sp³-hybridized carbons (Fsp3) is 0.615. The molecule has 5 rings (SSSR count). The Labute approximate surface area is 205 Å². The average molecular weight is 486 g/mol. The molecule has 0 spiro atoms. The van der Waals surface area contributed by atoms with Gasteiger partial charge in [-0.1, -0.05) is 32.0 Å². The van der Waals surface area contributed by atoms with Crippen LogP contribution in [0, 0.1) is 16.7 Å². The summed E-state index contributed by atoms with van der Waals surface area (Å²) in [6.45, 7) is 6.61. The van der Waals surface area contributed by atoms with Crippen molar-refractivity contribution in [1.82, 2.24) is 9.88 Å². The van der Waals surface area contributed by atoms with Gasteiger partial charge in [-0.05, 0) is 42.7 Å². The zero-order valence-electron chi connectivity index (χ0n) is 20.0. The summed E-state index contributed by atoms with van der Waals surface area (Å²) < 4.78 is 5.45. The summed E-state index contributed by atoms with van der Waals surface area (Å²) in [7, 11) is 0. The van der Waals surface area contributed by atoms with E-state index in [1.54, 1.807) is 11.3 Å². The first-order valence-electron chi connectivity index (χ1n) is 12.3. The average Bonchev–Trinajstić information content (AvgIpc) is 3.26. The van der Waals surface area contributed by atoms with Crippen molar-refractivity contribution in [2.24, 2.45) is 16.7 Å². The lowest BCUT2D eigenvalue weighted by molar-refractivity contribution is -0.149. The van der Waals surface area contributed by atoms with E-state index in [2.05, 4.69) is 12.2 Å². The summed E-state index contributed by atoms with van der Waals surface area (Å²) in [4.78, 5) is 21.5. The van der Waals surface area contributed by atoms with Crippen molar-refractivity contribution in [1.29, 1.82) is 0 Å². The first kappa shape index (κ1) is 23.7. The minimum atomic E-state index is -0.609. The second kappa shape index (κ2) is 9.22. The van der Waals surface area contributed by atoms with Crippen molar-refractivity contribution in [3.8, 4) is 0 Å². The highest BCUT2D eigenvalue weighted by Crippen LogP contribution is 2.63. The Morgan fingerprint density at radius 1 is 1.26 bits per heavy atom. The molecule has 3 N–H and O–H groups in total. The van der Waals surface area contributed by atoms with Crippen LogP contribution in [0.5, 0.6) is 0 Å². The number of nitrogens with zero attached hydrogens (tertiary/aromatic N) is 2. The molecule has 0 bridgehead atoms. The van der Waals surface area contributed by atoms with Crippen LogP contribution in [0.4, 0.5) is 10.8 Å². The van der Waals surface area contributed by atoms with Crippen LogP contribution in [0.3, 0.4) is 0 Å². The number of anilines is 2. The standard InChI is InChI=1S/C26H35N3O4S/c1-25-9-8-21(31)26(2,16-30)20(25)15-19-23(18(25)14-22(32)29-10-12-33-13-11-29)28-24(34-19)27-17-6-4-3-5-7-17/h3-7,18,20-21,30-31H,8-16H2,1-2H3,(H,27,28). The van der Waals surface area contributed by atoms with Crippen molar-refractivity contribution in [3.63, 3.8) is 0 Å². The molecular formula is C26H35N3O4S. The van der Waals surface area contributed by atoms with E-state index in [-0.39, 0.29) is 29.8 Å². The molecule has 8 heteroatoms. The topological polar surface area (TPSA) is 94.9 Å². The normalized spacial score (nSPS) is 33.2. The molecule has 1 amide bonds. The van der Waals surface area contributed by atoms with Gasteiger partial charge in [-0.2, -0.15) is 0 Å². The van der Waals surface area contributed by atoms with Gasteiger partial charge in [0.2, 0.25) is 5.91 Å². The largest absolute Gasteiger partial charge is 0.396 e. The summed E-state index contributed by atoms with van der Waals surface area (Å²) in [5, 5.41) is 25.6. The fourth-order valence-electron chi connectivity index (χ4n) is 6.46. The van der Waals surface area contributed by atoms with Gasteiger partial charge in [-0.15, -0.1) is 11.3 Å². The van der Waals surface area contributed by atoms with Gasteiger partial charge < -0.3 is 25.2 Å². The summed E-state index contributed by atoms with van der Waals surface area (Å²) in [6, 6.07) is 9.99. The number of nitrogens with one attached hydrogen (secondary N) is 1. The van der Waals surface area contributed by atoms with E-state index in [0.717, 1.165) is 34.2 Å². The van der Waals surface area contributed by atoms with Crippen molar-refractivity contribution < 1.29 is 19.7 Å². The van der Waals surface area contributed by atoms with Crippen molar-refractivity contribution >= 4 is 28.1 Å². The highest BCUT2D eigenvalue weighted by Gasteiger charge is 2.59. The number of para-hydroxylation sites is 1. The van der Waals surface area contributed by atoms with Gasteiger partial charge in [0.05, 0.1) is 31.6 Å². The lowest BCUT2D eigenvalue weighted by Gasteiger charge is -2.58. The number of carbonyl (C=O) groups excluding carboxylic acids is 1. The molecule has 5 unspecified atom stereocenters. The number of fused-ring (bicyclic) bond motifs is 2. The molecule has 1 saturated heterocycles. The molecule has 184 valence electrons. The predicted molar refractivity (Wildman–Crippen MR) is 132 cm³/mol. The zero-order valence-corrected chi connectivity index (χ0v) is 20.8. The molecule has 7 nitrogen and oxygen atoms in total. The van der Waals surface area contributed by atoms with E-state index in [4.69, 9.17) is 9.72 Å². The molecule has 1 aromatic heterocycles. The zero-order chi connectivity index (χ0) is 23.9. The summed E-state index contributed by atoms with van der Waals surface area (Å²) >= 11 is 1.63. The highest BCUT2D eigenvalue weighted by atomic mass is 32.1. The third-order valence-corrected chi connectivity index (χ3v) is 9.67. The SMILES string of the molecule is CC1(CO)C(O)CCC2(C)C(CC(=O)N3CCOCC3)c3nc(Nc4ccccc4)sc3CC12. The second-order valence-electron chi connectivity index (χ2n) is 10.5. The third-order valence-electron chi connectivity index (χ3n) is 8.66. The second-order valence-corrected chi connectivity index (χ2v) is 11.6. The number of carbonyl (C=O) groups is 1. The van der Waals surface area contributed by atoms with E-state index in [1.807, 2.05) is 42.2 Å². The number of hydrogen-bond acceptors (Lipinski definition) is 7. The molecule has 0 radical (unpaired) electrons. The summed E-state index contributed by atoms with van der Waals surface area (Å²) in [6.07, 6.45) is 2.04. The maximum absolute atomic E-state index is 13.4. The van der Waals surface area contributed by atoms with Gasteiger partial charge in [0.15, 0.2) is 5.13 Å². The Hall–Kier alpha value is -2.00. The van der Waals surface area contributed by atoms with E-state index < -0.39 is 11.5 Å². The monoisotopic (exact) mass is 485 g/mol. The number of morpholine rings is 1. The van der Waals surface area contributed by atoms with Crippen LogP contribution in [0.25, 0.3) is 0 Å². The molecule has 5 atom stereocenters. The lowest BCUT2D eigenvalue weighted by atomic mass is 9.47. The Balaban J connectivity index is 1.52. The Bertz CT molecular complexity index is 1020. The number of amides is 1. The number of ether oxygens (including phenoxy) is 1. The fourth-order valence-corrected chi connectivity index (χ4v) is 7.55. The van der Waals surface area contributed by atoms with Crippen LogP contribution in [0.2, 0.25) is 0 Å². The van der Waals surface area contributed by atoms with E-state index >= 15 is 0 Å². The minimum Gasteiger partial charge on any atom is -0.396 e. The number of aliphatic hydroxyl groups excluding tert-OH is 2. The molecule has 1 saturated carbocycles. The Morgan fingerprint density at radius 2 is 2.00 bits per heavy atom. The van der Waals surface area contributed by atoms with E-state index in [0.29, 0.717) is 39.1 Å². The number of aromatic nitrogens is 1. The van der Waals surface area contributed by atoms with Gasteiger partial charge in [0.1, 0.15) is 0 Å². The predicted octanol–water partition coefficient (Wildman–Crippen LogP) is 3.55. The molecule has 3 aliphatic rings. The maximum Gasteiger partial charge on any atom is 0.223 e. The highest BCUT2D eigenvalue weighted by molar-refractivity contribution is 7.15. The van der Waals surface area contributed by atoms with Crippen LogP contribution in [0.15, 0.2) is 30.3 Å². The van der Waals surface area contributed by atoms with E-state index in [1.165, 1.54) is 0 Å². The van der Waals surface area contributed by atoms with Gasteiger partial charge in [0, 0.05) is 41.4 Å². The third kappa shape index (κ3) is 4.04. The molecule has 2 fully saturated rings. The first-order valence-corrected chi connectivity index (χ1v) is 13.1. The Kier molecular flexibility index (Phi) is 6.44. The smallest absolute Gasteiger partial charge is 0.223 e. The molecule has 2 aromatic rings. The summed E-state index contributed by atoms with van der Waals surface area (Å²) in [5.41, 5.74) is 1.15. The molecular weight excluding hydrogens is 450 g/mol. The van der Waals surface area contributed by atoms with Crippen LogP contribution in [-0.2, 0) is 16.0 Å². The van der Waals surface area contributed by atoms with Gasteiger partial charge in [0.25, 0.3) is 0 Å². The molecule has 34 heavy (non-hydrogen) atoms. The van der Waals surface area contributed by atoms with E-state index in [9.17, 15) is 15.0 Å². The molecule has 2 aliphatic carbocycles. The quantitative estimate of drug-likeness (QED) is 0.600. The Morgan fingerprint density at radius 3 is 2.71 bits per heavy atom.